The Morgan fingerprint density at radius 3 is 1.33 bits per heavy atom. The standard InChI is InChI=1S/K.HNO2.H2O4S.H/c;2-1-3;1-5(2,3)4;/h;(H,2,3);(H2,1,2,3,4);/q+1;;;-1. The fourth-order valence-electron chi connectivity index (χ4n) is 0. The molecule has 0 fully saturated rings. The van der Waals surface area contributed by atoms with Gasteiger partial charge < -0.3 is 6.63 Å². The normalized spacial score (nSPS) is 7.78. The molecule has 3 N–H and O–H groups in total. The first-order valence-electron chi connectivity index (χ1n) is 1.08. The molecule has 0 spiro atoms. The first kappa shape index (κ1) is 16.5. The molecule has 0 atom stereocenters. The van der Waals surface area contributed by atoms with Crippen molar-refractivity contribution in [1.29, 1.82) is 0 Å². The molecular weight excluding hydrogens is 181 g/mol. The molecule has 52 valence electrons. The largest absolute Gasteiger partial charge is 1.00 e. The van der Waals surface area contributed by atoms with E-state index in [1.165, 1.54) is 5.34 Å². The van der Waals surface area contributed by atoms with E-state index in [1.54, 1.807) is 0 Å². The first-order valence-corrected chi connectivity index (χ1v) is 2.48. The third-order valence-corrected chi connectivity index (χ3v) is 0. The Bertz CT molecular complexity index is 132. The van der Waals surface area contributed by atoms with Crippen molar-refractivity contribution in [2.45, 2.75) is 0 Å². The van der Waals surface area contributed by atoms with E-state index < -0.39 is 10.4 Å². The van der Waals surface area contributed by atoms with Gasteiger partial charge >= 0.3 is 61.8 Å². The van der Waals surface area contributed by atoms with Crippen LogP contribution in [0.4, 0.5) is 0 Å². The summed E-state index contributed by atoms with van der Waals surface area (Å²) in [5.41, 5.74) is 0. The van der Waals surface area contributed by atoms with Crippen LogP contribution >= 0.6 is 0 Å². The molecule has 0 saturated carbocycles. The zero-order valence-corrected chi connectivity index (χ0v) is 8.36. The Morgan fingerprint density at radius 1 is 1.33 bits per heavy atom. The van der Waals surface area contributed by atoms with Crippen molar-refractivity contribution in [1.82, 2.24) is 0 Å². The summed E-state index contributed by atoms with van der Waals surface area (Å²) in [5.74, 6) is 0. The molecule has 0 heterocycles. The third-order valence-electron chi connectivity index (χ3n) is 0. The first-order chi connectivity index (χ1) is 3.41. The van der Waals surface area contributed by atoms with Crippen molar-refractivity contribution in [2.75, 3.05) is 0 Å². The monoisotopic (exact) mass is 185 g/mol. The fourth-order valence-corrected chi connectivity index (χ4v) is 0. The zero-order valence-electron chi connectivity index (χ0n) is 5.42. The van der Waals surface area contributed by atoms with Gasteiger partial charge in [-0.15, -0.1) is 4.91 Å². The molecule has 7 nitrogen and oxygen atoms in total. The van der Waals surface area contributed by atoms with Gasteiger partial charge in [0, 0.05) is 0 Å². The van der Waals surface area contributed by atoms with E-state index in [9.17, 15) is 0 Å². The van der Waals surface area contributed by atoms with Crippen LogP contribution in [-0.2, 0) is 10.4 Å². The number of hydrogen-bond donors (Lipinski definition) is 3. The van der Waals surface area contributed by atoms with Crippen LogP contribution in [0, 0.1) is 4.91 Å². The summed E-state index contributed by atoms with van der Waals surface area (Å²) in [5, 5.41) is 7.89. The smallest absolute Gasteiger partial charge is 1.00 e. The topological polar surface area (TPSA) is 124 Å². The summed E-state index contributed by atoms with van der Waals surface area (Å²) in [7, 11) is -4.67. The molecule has 0 aliphatic rings. The summed E-state index contributed by atoms with van der Waals surface area (Å²) in [4.78, 5) is 8.11. The van der Waals surface area contributed by atoms with E-state index in [1.807, 2.05) is 0 Å². The Morgan fingerprint density at radius 2 is 1.33 bits per heavy atom. The number of hydrogen-bond acceptors (Lipinski definition) is 4. The molecular formula is H4KNO6S. The minimum atomic E-state index is -4.67. The minimum Gasteiger partial charge on any atom is -1.00 e. The van der Waals surface area contributed by atoms with Crippen LogP contribution < -0.4 is 51.4 Å². The van der Waals surface area contributed by atoms with Gasteiger partial charge in [0.25, 0.3) is 0 Å². The maximum atomic E-state index is 8.74. The zero-order chi connectivity index (χ0) is 7.21. The van der Waals surface area contributed by atoms with Gasteiger partial charge in [-0.25, -0.2) is 0 Å². The summed E-state index contributed by atoms with van der Waals surface area (Å²) in [6.07, 6.45) is 0. The van der Waals surface area contributed by atoms with Gasteiger partial charge in [-0.1, -0.05) is 0 Å². The predicted molar refractivity (Wildman–Crippen MR) is 22.9 cm³/mol. The second kappa shape index (κ2) is 8.91. The summed E-state index contributed by atoms with van der Waals surface area (Å²) >= 11 is 0. The second-order valence-electron chi connectivity index (χ2n) is 0.529. The average Bonchev–Trinajstić information content (AvgIpc) is 1.27. The van der Waals surface area contributed by atoms with Crippen LogP contribution in [0.25, 0.3) is 0 Å². The molecule has 0 radical (unpaired) electrons. The Kier molecular flexibility index (Phi) is 16.3. The van der Waals surface area contributed by atoms with Crippen molar-refractivity contribution in [3.05, 3.63) is 4.91 Å². The molecule has 0 aliphatic heterocycles. The van der Waals surface area contributed by atoms with Crippen molar-refractivity contribution < 1.29 is 75.5 Å². The van der Waals surface area contributed by atoms with Crippen LogP contribution in [0.1, 0.15) is 1.43 Å². The Hall–Kier alpha value is 0.906. The summed E-state index contributed by atoms with van der Waals surface area (Å²) in [6.45, 7) is 0. The Labute approximate surface area is 94.9 Å². The van der Waals surface area contributed by atoms with Crippen molar-refractivity contribution in [3.8, 4) is 0 Å². The van der Waals surface area contributed by atoms with Gasteiger partial charge in [0.05, 0.1) is 0 Å². The van der Waals surface area contributed by atoms with E-state index in [0.29, 0.717) is 0 Å². The fraction of sp³-hybridized carbons (Fsp3) is 0. The molecule has 9 heteroatoms. The molecule has 0 aromatic rings. The van der Waals surface area contributed by atoms with E-state index in [4.69, 9.17) is 27.6 Å². The molecule has 0 aliphatic carbocycles. The van der Waals surface area contributed by atoms with Gasteiger partial charge in [-0.05, 0) is 0 Å². The Balaban J connectivity index is -0.0000000326. The molecule has 0 saturated heterocycles. The predicted octanol–water partition coefficient (Wildman–Crippen LogP) is -3.39. The van der Waals surface area contributed by atoms with Gasteiger partial charge in [0.2, 0.25) is 0 Å². The molecule has 0 aromatic heterocycles. The van der Waals surface area contributed by atoms with Crippen molar-refractivity contribution in [2.24, 2.45) is 5.34 Å². The van der Waals surface area contributed by atoms with E-state index in [0.717, 1.165) is 0 Å². The van der Waals surface area contributed by atoms with Crippen molar-refractivity contribution in [3.63, 3.8) is 0 Å². The molecule has 9 heavy (non-hydrogen) atoms. The van der Waals surface area contributed by atoms with Crippen LogP contribution in [0.2, 0.25) is 0 Å². The van der Waals surface area contributed by atoms with Gasteiger partial charge in [-0.2, -0.15) is 8.42 Å². The maximum Gasteiger partial charge on any atom is 1.00 e. The van der Waals surface area contributed by atoms with Gasteiger partial charge in [0.15, 0.2) is 5.34 Å². The van der Waals surface area contributed by atoms with E-state index in [-0.39, 0.29) is 52.8 Å². The summed E-state index contributed by atoms with van der Waals surface area (Å²) in [6, 6.07) is 0. The molecule has 0 aromatic carbocycles. The maximum absolute atomic E-state index is 8.74. The van der Waals surface area contributed by atoms with Crippen LogP contribution in [0.5, 0.6) is 0 Å². The van der Waals surface area contributed by atoms with Crippen LogP contribution in [-0.4, -0.2) is 22.7 Å². The van der Waals surface area contributed by atoms with E-state index >= 15 is 0 Å². The number of rotatable bonds is 0. The molecule has 0 unspecified atom stereocenters. The quantitative estimate of drug-likeness (QED) is 0.156. The molecule has 0 amide bonds. The van der Waals surface area contributed by atoms with Crippen LogP contribution in [0.15, 0.2) is 5.34 Å². The summed E-state index contributed by atoms with van der Waals surface area (Å²) < 4.78 is 31.6. The average molecular weight is 185 g/mol. The van der Waals surface area contributed by atoms with Crippen molar-refractivity contribution >= 4 is 10.4 Å². The minimum absolute atomic E-state index is 0. The molecule has 0 rings (SSSR count). The van der Waals surface area contributed by atoms with Crippen LogP contribution in [0.3, 0.4) is 0 Å². The SMILES string of the molecule is O=NO.O=S(=O)(O)O.[H-].[K+]. The third kappa shape index (κ3) is 517. The van der Waals surface area contributed by atoms with Gasteiger partial charge in [-0.3, -0.25) is 9.11 Å². The van der Waals surface area contributed by atoms with E-state index in [2.05, 4.69) is 0 Å². The van der Waals surface area contributed by atoms with Gasteiger partial charge in [0.1, 0.15) is 0 Å². The second-order valence-corrected chi connectivity index (χ2v) is 1.43. The number of nitrogens with zero attached hydrogens (tertiary/aromatic N) is 1. The molecule has 0 bridgehead atoms.